The van der Waals surface area contributed by atoms with Crippen LogP contribution in [0.4, 0.5) is 5.69 Å². The molecule has 6 heteroatoms. The average Bonchev–Trinajstić information content (AvgIpc) is 3.40. The highest BCUT2D eigenvalue weighted by molar-refractivity contribution is 6.18. The minimum Gasteiger partial charge on any atom is -0.359 e. The van der Waals surface area contributed by atoms with E-state index in [2.05, 4.69) is 10.3 Å². The van der Waals surface area contributed by atoms with Crippen molar-refractivity contribution in [3.8, 4) is 5.69 Å². The number of benzene rings is 3. The molecule has 1 aliphatic rings. The number of aromatic nitrogens is 3. The van der Waals surface area contributed by atoms with Crippen LogP contribution in [0.3, 0.4) is 0 Å². The molecule has 6 nitrogen and oxygen atoms in total. The molecule has 0 spiro atoms. The minimum atomic E-state index is -0.401. The number of hydrogen-bond acceptors (Lipinski definition) is 4. The van der Waals surface area contributed by atoms with Crippen LogP contribution in [0.25, 0.3) is 16.7 Å². The first-order valence-electron chi connectivity index (χ1n) is 11.9. The Morgan fingerprint density at radius 2 is 1.50 bits per heavy atom. The number of rotatable bonds is 4. The number of fused-ring (bicyclic) bond motifs is 3. The number of nitrogens with zero attached hydrogens (tertiary/aromatic N) is 2. The lowest BCUT2D eigenvalue weighted by molar-refractivity contribution is 0.103. The van der Waals surface area contributed by atoms with Crippen molar-refractivity contribution in [3.05, 3.63) is 135 Å². The second kappa shape index (κ2) is 8.50. The van der Waals surface area contributed by atoms with Crippen LogP contribution in [-0.2, 0) is 0 Å². The fourth-order valence-electron chi connectivity index (χ4n) is 5.23. The first-order chi connectivity index (χ1) is 17.5. The molecule has 1 unspecified atom stereocenters. The van der Waals surface area contributed by atoms with Crippen molar-refractivity contribution in [1.82, 2.24) is 14.8 Å². The Hall–Kier alpha value is -4.71. The number of aryl methyl sites for hydroxylation is 1. The summed E-state index contributed by atoms with van der Waals surface area (Å²) in [6, 6.07) is 29.3. The Bertz CT molecular complexity index is 1700. The number of hydrogen-bond donors (Lipinski definition) is 2. The van der Waals surface area contributed by atoms with E-state index in [0.29, 0.717) is 16.8 Å². The number of para-hydroxylation sites is 2. The topological polar surface area (TPSA) is 79.8 Å². The third kappa shape index (κ3) is 3.38. The lowest BCUT2D eigenvalue weighted by atomic mass is 9.87. The van der Waals surface area contributed by atoms with Gasteiger partial charge in [0.05, 0.1) is 16.9 Å². The van der Waals surface area contributed by atoms with Gasteiger partial charge in [-0.15, -0.1) is 0 Å². The molecule has 176 valence electrons. The summed E-state index contributed by atoms with van der Waals surface area (Å²) in [6.45, 7) is 3.82. The monoisotopic (exact) mass is 472 g/mol. The number of ketones is 1. The first kappa shape index (κ1) is 21.8. The SMILES string of the molecule is C/C(Nc1ccccc1)=C1/C(=O)c2c(c3c(C)nn(-c4ccccc4)c3[nH]c2=O)C1c1ccccc1. The molecule has 0 radical (unpaired) electrons. The minimum absolute atomic E-state index is 0.191. The number of anilines is 1. The highest BCUT2D eigenvalue weighted by atomic mass is 16.1. The Kier molecular flexibility index (Phi) is 5.15. The molecule has 2 N–H and O–H groups in total. The van der Waals surface area contributed by atoms with Crippen LogP contribution < -0.4 is 10.9 Å². The Morgan fingerprint density at radius 3 is 2.17 bits per heavy atom. The molecule has 0 saturated heterocycles. The number of carbonyl (C=O) groups excluding carboxylic acids is 1. The van der Waals surface area contributed by atoms with Crippen molar-refractivity contribution in [2.24, 2.45) is 0 Å². The van der Waals surface area contributed by atoms with Gasteiger partial charge in [-0.05, 0) is 49.2 Å². The van der Waals surface area contributed by atoms with Crippen LogP contribution >= 0.6 is 0 Å². The maximum Gasteiger partial charge on any atom is 0.261 e. The molecule has 2 heterocycles. The largest absolute Gasteiger partial charge is 0.359 e. The maximum atomic E-state index is 13.9. The molecule has 3 aromatic carbocycles. The number of carbonyl (C=O) groups is 1. The maximum absolute atomic E-state index is 13.9. The van der Waals surface area contributed by atoms with E-state index in [1.54, 1.807) is 4.68 Å². The van der Waals surface area contributed by atoms with Crippen molar-refractivity contribution in [1.29, 1.82) is 0 Å². The average molecular weight is 473 g/mol. The molecule has 36 heavy (non-hydrogen) atoms. The summed E-state index contributed by atoms with van der Waals surface area (Å²) in [4.78, 5) is 30.4. The Labute approximate surface area is 207 Å². The molecule has 1 aliphatic carbocycles. The zero-order chi connectivity index (χ0) is 24.8. The number of pyridine rings is 1. The van der Waals surface area contributed by atoms with Gasteiger partial charge < -0.3 is 10.3 Å². The Balaban J connectivity index is 1.65. The third-order valence-corrected chi connectivity index (χ3v) is 6.75. The lowest BCUT2D eigenvalue weighted by Gasteiger charge is -2.18. The molecule has 1 atom stereocenters. The number of Topliss-reactive ketones (excluding diaryl/α,β-unsaturated/α-hetero) is 1. The number of H-pyrrole nitrogens is 1. The summed E-state index contributed by atoms with van der Waals surface area (Å²) in [5.41, 5.74) is 5.81. The summed E-state index contributed by atoms with van der Waals surface area (Å²) in [7, 11) is 0. The molecule has 5 aromatic rings. The molecule has 0 bridgehead atoms. The van der Waals surface area contributed by atoms with Gasteiger partial charge in [-0.1, -0.05) is 66.7 Å². The molecular weight excluding hydrogens is 448 g/mol. The van der Waals surface area contributed by atoms with E-state index in [9.17, 15) is 9.59 Å². The van der Waals surface area contributed by atoms with Gasteiger partial charge in [0.25, 0.3) is 5.56 Å². The molecule has 0 fully saturated rings. The smallest absolute Gasteiger partial charge is 0.261 e. The van der Waals surface area contributed by atoms with E-state index in [1.807, 2.05) is 105 Å². The summed E-state index contributed by atoms with van der Waals surface area (Å²) >= 11 is 0. The molecule has 0 saturated carbocycles. The predicted molar refractivity (Wildman–Crippen MR) is 142 cm³/mol. The van der Waals surface area contributed by atoms with Crippen LogP contribution in [-0.4, -0.2) is 20.5 Å². The van der Waals surface area contributed by atoms with Crippen molar-refractivity contribution in [3.63, 3.8) is 0 Å². The second-order valence-electron chi connectivity index (χ2n) is 9.00. The predicted octanol–water partition coefficient (Wildman–Crippen LogP) is 5.74. The quantitative estimate of drug-likeness (QED) is 0.327. The fourth-order valence-corrected chi connectivity index (χ4v) is 5.23. The fraction of sp³-hybridized carbons (Fsp3) is 0.100. The van der Waals surface area contributed by atoms with Crippen LogP contribution in [0.5, 0.6) is 0 Å². The van der Waals surface area contributed by atoms with Gasteiger partial charge in [-0.2, -0.15) is 5.10 Å². The standard InChI is InChI=1S/C30H24N4O2/c1-18(31-21-14-8-4-9-15-21)23-25(20-12-6-3-7-13-20)26-24-19(2)33-34(22-16-10-5-11-17-22)29(24)32-30(36)27(26)28(23)35/h3-17,25,31H,1-2H3,(H,32,36)/b23-18-. The number of nitrogens with one attached hydrogen (secondary N) is 2. The lowest BCUT2D eigenvalue weighted by Crippen LogP contribution is -2.18. The van der Waals surface area contributed by atoms with E-state index in [-0.39, 0.29) is 11.3 Å². The van der Waals surface area contributed by atoms with Crippen molar-refractivity contribution < 1.29 is 4.79 Å². The van der Waals surface area contributed by atoms with E-state index in [4.69, 9.17) is 5.10 Å². The molecular formula is C30H24N4O2. The van der Waals surface area contributed by atoms with Crippen LogP contribution in [0, 0.1) is 6.92 Å². The summed E-state index contributed by atoms with van der Waals surface area (Å²) in [5, 5.41) is 8.96. The normalized spacial score (nSPS) is 16.3. The van der Waals surface area contributed by atoms with Crippen molar-refractivity contribution in [2.75, 3.05) is 5.32 Å². The Morgan fingerprint density at radius 1 is 0.889 bits per heavy atom. The van der Waals surface area contributed by atoms with Gasteiger partial charge in [0.2, 0.25) is 0 Å². The third-order valence-electron chi connectivity index (χ3n) is 6.75. The second-order valence-corrected chi connectivity index (χ2v) is 9.00. The van der Waals surface area contributed by atoms with E-state index < -0.39 is 11.5 Å². The van der Waals surface area contributed by atoms with Gasteiger partial charge in [0, 0.05) is 28.3 Å². The summed E-state index contributed by atoms with van der Waals surface area (Å²) in [5.74, 6) is -0.656. The molecule has 0 amide bonds. The van der Waals surface area contributed by atoms with Crippen LogP contribution in [0.1, 0.15) is 40.0 Å². The summed E-state index contributed by atoms with van der Waals surface area (Å²) in [6.07, 6.45) is 0. The first-order valence-corrected chi connectivity index (χ1v) is 11.9. The van der Waals surface area contributed by atoms with Gasteiger partial charge in [0.1, 0.15) is 5.65 Å². The zero-order valence-electron chi connectivity index (χ0n) is 19.9. The highest BCUT2D eigenvalue weighted by Crippen LogP contribution is 2.46. The number of allylic oxidation sites excluding steroid dienone is 2. The van der Waals surface area contributed by atoms with Crippen LogP contribution in [0.15, 0.2) is 107 Å². The van der Waals surface area contributed by atoms with E-state index in [1.165, 1.54) is 0 Å². The van der Waals surface area contributed by atoms with Gasteiger partial charge in [0.15, 0.2) is 5.78 Å². The van der Waals surface area contributed by atoms with Crippen molar-refractivity contribution in [2.45, 2.75) is 19.8 Å². The van der Waals surface area contributed by atoms with E-state index >= 15 is 0 Å². The highest BCUT2D eigenvalue weighted by Gasteiger charge is 2.42. The molecule has 6 rings (SSSR count). The molecule has 0 aliphatic heterocycles. The van der Waals surface area contributed by atoms with Gasteiger partial charge >= 0.3 is 0 Å². The van der Waals surface area contributed by atoms with Crippen LogP contribution in [0.2, 0.25) is 0 Å². The van der Waals surface area contributed by atoms with Gasteiger partial charge in [-0.25, -0.2) is 4.68 Å². The number of aromatic amines is 1. The zero-order valence-corrected chi connectivity index (χ0v) is 19.9. The van der Waals surface area contributed by atoms with E-state index in [0.717, 1.165) is 33.7 Å². The van der Waals surface area contributed by atoms with Crippen molar-refractivity contribution >= 4 is 22.5 Å². The van der Waals surface area contributed by atoms with Gasteiger partial charge in [-0.3, -0.25) is 9.59 Å². The molecule has 2 aromatic heterocycles. The summed E-state index contributed by atoms with van der Waals surface area (Å²) < 4.78 is 1.75.